The summed E-state index contributed by atoms with van der Waals surface area (Å²) in [7, 11) is 1.99. The molecule has 0 fully saturated rings. The Morgan fingerprint density at radius 2 is 2.39 bits per heavy atom. The van der Waals surface area contributed by atoms with Gasteiger partial charge in [-0.25, -0.2) is 4.98 Å². The van der Waals surface area contributed by atoms with Gasteiger partial charge in [0.25, 0.3) is 0 Å². The summed E-state index contributed by atoms with van der Waals surface area (Å²) in [6.07, 6.45) is 2.79. The molecule has 0 saturated heterocycles. The van der Waals surface area contributed by atoms with Gasteiger partial charge in [-0.1, -0.05) is 22.0 Å². The molecule has 0 saturated carbocycles. The molecule has 0 amide bonds. The van der Waals surface area contributed by atoms with Crippen LogP contribution in [0.2, 0.25) is 0 Å². The predicted molar refractivity (Wildman–Crippen MR) is 76.0 cm³/mol. The molecule has 0 bridgehead atoms. The van der Waals surface area contributed by atoms with E-state index in [9.17, 15) is 0 Å². The van der Waals surface area contributed by atoms with E-state index in [0.29, 0.717) is 6.04 Å². The molecule has 0 radical (unpaired) electrons. The Hall–Kier alpha value is -0.910. The first-order valence-corrected chi connectivity index (χ1v) is 7.48. The molecule has 2 aromatic rings. The van der Waals surface area contributed by atoms with Crippen LogP contribution in [0, 0.1) is 0 Å². The normalized spacial score (nSPS) is 22.3. The number of nitrogens with one attached hydrogen (secondary N) is 1. The number of hydrogen-bond donors (Lipinski definition) is 1. The van der Waals surface area contributed by atoms with Crippen molar-refractivity contribution >= 4 is 27.3 Å². The molecule has 0 aliphatic carbocycles. The summed E-state index contributed by atoms with van der Waals surface area (Å²) in [5, 5.41) is 6.39. The van der Waals surface area contributed by atoms with Crippen LogP contribution in [0.4, 0.5) is 0 Å². The highest BCUT2D eigenvalue weighted by molar-refractivity contribution is 9.10. The molecule has 0 spiro atoms. The lowest BCUT2D eigenvalue weighted by molar-refractivity contribution is 0.153. The van der Waals surface area contributed by atoms with Crippen molar-refractivity contribution in [1.29, 1.82) is 0 Å². The summed E-state index contributed by atoms with van der Waals surface area (Å²) in [5.74, 6) is 0.940. The van der Waals surface area contributed by atoms with Gasteiger partial charge < -0.3 is 10.1 Å². The number of benzene rings is 1. The first kappa shape index (κ1) is 12.1. The fourth-order valence-corrected chi connectivity index (χ4v) is 3.28. The molecule has 1 aromatic carbocycles. The number of fused-ring (bicyclic) bond motifs is 1. The third-order valence-corrected chi connectivity index (χ3v) is 4.51. The van der Waals surface area contributed by atoms with E-state index < -0.39 is 0 Å². The number of thiazole rings is 1. The minimum absolute atomic E-state index is 0.0456. The van der Waals surface area contributed by atoms with Crippen LogP contribution >= 0.6 is 27.3 Å². The smallest absolute Gasteiger partial charge is 0.152 e. The van der Waals surface area contributed by atoms with E-state index in [4.69, 9.17) is 4.74 Å². The van der Waals surface area contributed by atoms with Crippen LogP contribution in [0.3, 0.4) is 0 Å². The molecule has 3 nitrogen and oxygen atoms in total. The van der Waals surface area contributed by atoms with Gasteiger partial charge in [-0.3, -0.25) is 0 Å². The lowest BCUT2D eigenvalue weighted by atomic mass is 9.97. The van der Waals surface area contributed by atoms with Gasteiger partial charge in [-0.15, -0.1) is 11.3 Å². The Labute approximate surface area is 118 Å². The molecule has 1 aliphatic rings. The van der Waals surface area contributed by atoms with Crippen molar-refractivity contribution in [3.63, 3.8) is 0 Å². The van der Waals surface area contributed by atoms with Crippen LogP contribution in [0.5, 0.6) is 5.75 Å². The Bertz CT molecular complexity index is 544. The maximum Gasteiger partial charge on any atom is 0.152 e. The van der Waals surface area contributed by atoms with E-state index in [2.05, 4.69) is 38.4 Å². The molecule has 1 aliphatic heterocycles. The maximum absolute atomic E-state index is 6.07. The zero-order chi connectivity index (χ0) is 12.5. The third kappa shape index (κ3) is 2.18. The Kier molecular flexibility index (Phi) is 3.37. The Balaban J connectivity index is 1.98. The number of ether oxygens (including phenoxy) is 1. The van der Waals surface area contributed by atoms with E-state index in [1.807, 2.05) is 24.7 Å². The summed E-state index contributed by atoms with van der Waals surface area (Å²) in [4.78, 5) is 4.36. The van der Waals surface area contributed by atoms with Crippen LogP contribution in [-0.4, -0.2) is 12.0 Å². The average molecular weight is 325 g/mol. The molecule has 2 unspecified atom stereocenters. The SMILES string of the molecule is CNC1CC(c2nccs2)Oc2cc(Br)ccc21. The van der Waals surface area contributed by atoms with Crippen LogP contribution in [0.1, 0.15) is 29.1 Å². The first-order valence-electron chi connectivity index (χ1n) is 5.80. The lowest BCUT2D eigenvalue weighted by Gasteiger charge is -2.31. The quantitative estimate of drug-likeness (QED) is 0.914. The molecular formula is C13H13BrN2OS. The predicted octanol–water partition coefficient (Wildman–Crippen LogP) is 3.69. The largest absolute Gasteiger partial charge is 0.483 e. The van der Waals surface area contributed by atoms with Crippen LogP contribution in [0.15, 0.2) is 34.2 Å². The average Bonchev–Trinajstić information content (AvgIpc) is 2.90. The highest BCUT2D eigenvalue weighted by Crippen LogP contribution is 2.42. The Morgan fingerprint density at radius 3 is 3.11 bits per heavy atom. The standard InChI is InChI=1S/C13H13BrN2OS/c1-15-10-7-12(13-16-4-5-18-13)17-11-6-8(14)2-3-9(10)11/h2-6,10,12,15H,7H2,1H3. The molecule has 2 atom stereocenters. The van der Waals surface area contributed by atoms with Crippen molar-refractivity contribution in [1.82, 2.24) is 10.3 Å². The van der Waals surface area contributed by atoms with Gasteiger partial charge in [0.2, 0.25) is 0 Å². The van der Waals surface area contributed by atoms with Crippen molar-refractivity contribution in [3.05, 3.63) is 44.8 Å². The van der Waals surface area contributed by atoms with Gasteiger partial charge in [0.15, 0.2) is 6.10 Å². The zero-order valence-electron chi connectivity index (χ0n) is 9.89. The monoisotopic (exact) mass is 324 g/mol. The molecule has 2 heterocycles. The fraction of sp³-hybridized carbons (Fsp3) is 0.308. The second kappa shape index (κ2) is 4.99. The number of hydrogen-bond acceptors (Lipinski definition) is 4. The minimum atomic E-state index is 0.0456. The van der Waals surface area contributed by atoms with Crippen LogP contribution in [0.25, 0.3) is 0 Å². The van der Waals surface area contributed by atoms with E-state index in [1.165, 1.54) is 5.56 Å². The zero-order valence-corrected chi connectivity index (χ0v) is 12.3. The second-order valence-electron chi connectivity index (χ2n) is 4.24. The van der Waals surface area contributed by atoms with E-state index >= 15 is 0 Å². The molecule has 18 heavy (non-hydrogen) atoms. The number of halogens is 1. The molecule has 1 aromatic heterocycles. The summed E-state index contributed by atoms with van der Waals surface area (Å²) >= 11 is 5.13. The minimum Gasteiger partial charge on any atom is -0.483 e. The first-order chi connectivity index (χ1) is 8.78. The van der Waals surface area contributed by atoms with Gasteiger partial charge in [-0.05, 0) is 19.2 Å². The highest BCUT2D eigenvalue weighted by atomic mass is 79.9. The van der Waals surface area contributed by atoms with E-state index in [0.717, 1.165) is 21.7 Å². The van der Waals surface area contributed by atoms with Crippen molar-refractivity contribution < 1.29 is 4.74 Å². The number of aromatic nitrogens is 1. The van der Waals surface area contributed by atoms with Gasteiger partial charge >= 0.3 is 0 Å². The molecule has 3 rings (SSSR count). The van der Waals surface area contributed by atoms with E-state index in [1.54, 1.807) is 11.3 Å². The number of nitrogens with zero attached hydrogens (tertiary/aromatic N) is 1. The van der Waals surface area contributed by atoms with E-state index in [-0.39, 0.29) is 6.10 Å². The highest BCUT2D eigenvalue weighted by Gasteiger charge is 2.29. The lowest BCUT2D eigenvalue weighted by Crippen LogP contribution is -2.26. The summed E-state index contributed by atoms with van der Waals surface area (Å²) in [6, 6.07) is 6.50. The molecule has 94 valence electrons. The summed E-state index contributed by atoms with van der Waals surface area (Å²) < 4.78 is 7.10. The molecule has 5 heteroatoms. The number of rotatable bonds is 2. The topological polar surface area (TPSA) is 34.2 Å². The van der Waals surface area contributed by atoms with Gasteiger partial charge in [0.05, 0.1) is 0 Å². The van der Waals surface area contributed by atoms with Crippen molar-refractivity contribution in [2.45, 2.75) is 18.6 Å². The van der Waals surface area contributed by atoms with Gasteiger partial charge in [0, 0.05) is 34.1 Å². The van der Waals surface area contributed by atoms with Crippen LogP contribution in [-0.2, 0) is 0 Å². The Morgan fingerprint density at radius 1 is 1.50 bits per heavy atom. The maximum atomic E-state index is 6.07. The molecule has 1 N–H and O–H groups in total. The fourth-order valence-electron chi connectivity index (χ4n) is 2.26. The van der Waals surface area contributed by atoms with Crippen molar-refractivity contribution in [2.24, 2.45) is 0 Å². The van der Waals surface area contributed by atoms with Crippen molar-refractivity contribution in [3.8, 4) is 5.75 Å². The van der Waals surface area contributed by atoms with Crippen LogP contribution < -0.4 is 10.1 Å². The van der Waals surface area contributed by atoms with Crippen molar-refractivity contribution in [2.75, 3.05) is 7.05 Å². The molecular weight excluding hydrogens is 312 g/mol. The summed E-state index contributed by atoms with van der Waals surface area (Å²) in [5.41, 5.74) is 1.22. The second-order valence-corrected chi connectivity index (χ2v) is 6.08. The third-order valence-electron chi connectivity index (χ3n) is 3.15. The summed E-state index contributed by atoms with van der Waals surface area (Å²) in [6.45, 7) is 0. The van der Waals surface area contributed by atoms with Gasteiger partial charge in [0.1, 0.15) is 10.8 Å². The van der Waals surface area contributed by atoms with Gasteiger partial charge in [-0.2, -0.15) is 0 Å².